The van der Waals surface area contributed by atoms with Gasteiger partial charge in [0.1, 0.15) is 5.82 Å². The number of benzene rings is 9. The molecule has 0 amide bonds. The molecule has 0 unspecified atom stereocenters. The first kappa shape index (κ1) is 46.3. The smallest absolute Gasteiger partial charge is 0.126 e. The van der Waals surface area contributed by atoms with Gasteiger partial charge in [-0.05, 0) is 218 Å². The highest BCUT2D eigenvalue weighted by molar-refractivity contribution is 6.17. The lowest BCUT2D eigenvalue weighted by molar-refractivity contribution is 1.02. The summed E-state index contributed by atoms with van der Waals surface area (Å²) in [5.74, 6) is 0.755. The molecule has 0 bridgehead atoms. The van der Waals surface area contributed by atoms with Gasteiger partial charge in [-0.3, -0.25) is 0 Å². The van der Waals surface area contributed by atoms with E-state index in [0.717, 1.165) is 62.1 Å². The normalized spacial score (nSPS) is 12.0. The SMILES string of the molecule is Cc1ccc2c(c1)c1ccccc1n2-c1ccc(-c2cc(-c3cc(C)nc(C)n3)cc(-c3ccc(-n4c5ccccc5c5cc(C)ccc54)cc3)c2-n2c3c(C)c(C)c(C)c(C)c3c3c(C)c(C)c(C)c(C)c32)cc1. The Hall–Kier alpha value is -8.54. The van der Waals surface area contributed by atoms with Crippen molar-refractivity contribution in [2.24, 2.45) is 0 Å². The standard InChI is InChI=1S/C70H61N5/c1-38-21-31-64-59(33-38)55-17-13-15-19-62(55)73(64)53-27-23-50(24-28-53)57-36-52(61-35-40(3)71-49(12)72-61)37-58(51-25-29-54(30-26-51)74-63-20-16-14-18-56(63)60-34-39(2)22-32-65(60)74)70(57)75-68-47(10)43(6)41(4)45(8)66(68)67-46(9)42(5)44(7)48(11)69(67)75/h13-37H,1-12H3. The number of aryl methyl sites for hydroxylation is 8. The third-order valence-corrected chi connectivity index (χ3v) is 17.1. The van der Waals surface area contributed by atoms with Gasteiger partial charge in [-0.25, -0.2) is 9.97 Å². The van der Waals surface area contributed by atoms with E-state index in [-0.39, 0.29) is 0 Å². The van der Waals surface area contributed by atoms with E-state index in [1.807, 2.05) is 6.92 Å². The molecule has 13 rings (SSSR count). The molecule has 0 radical (unpaired) electrons. The summed E-state index contributed by atoms with van der Waals surface area (Å²) in [4.78, 5) is 9.92. The Morgan fingerprint density at radius 1 is 0.320 bits per heavy atom. The van der Waals surface area contributed by atoms with E-state index < -0.39 is 0 Å². The van der Waals surface area contributed by atoms with Crippen LogP contribution in [0.3, 0.4) is 0 Å². The summed E-state index contributed by atoms with van der Waals surface area (Å²) in [5.41, 5.74) is 31.3. The maximum atomic E-state index is 5.16. The molecule has 9 aromatic carbocycles. The molecule has 0 aliphatic heterocycles. The summed E-state index contributed by atoms with van der Waals surface area (Å²) >= 11 is 0. The van der Waals surface area contributed by atoms with Crippen molar-refractivity contribution < 1.29 is 0 Å². The van der Waals surface area contributed by atoms with Gasteiger partial charge in [0.2, 0.25) is 0 Å². The van der Waals surface area contributed by atoms with E-state index in [0.29, 0.717) is 0 Å². The molecule has 0 atom stereocenters. The van der Waals surface area contributed by atoms with Crippen molar-refractivity contribution in [2.75, 3.05) is 0 Å². The molecular weight excluding hydrogens is 911 g/mol. The second kappa shape index (κ2) is 17.0. The molecule has 0 N–H and O–H groups in total. The predicted molar refractivity (Wildman–Crippen MR) is 318 cm³/mol. The van der Waals surface area contributed by atoms with Crippen molar-refractivity contribution in [3.8, 4) is 50.6 Å². The van der Waals surface area contributed by atoms with Crippen LogP contribution < -0.4 is 0 Å². The van der Waals surface area contributed by atoms with Gasteiger partial charge in [0.15, 0.2) is 0 Å². The molecule has 4 aromatic heterocycles. The van der Waals surface area contributed by atoms with E-state index in [4.69, 9.17) is 9.97 Å². The highest BCUT2D eigenvalue weighted by Crippen LogP contribution is 2.49. The second-order valence-corrected chi connectivity index (χ2v) is 21.5. The lowest BCUT2D eigenvalue weighted by Gasteiger charge is -2.24. The Morgan fingerprint density at radius 3 is 1.17 bits per heavy atom. The van der Waals surface area contributed by atoms with Crippen molar-refractivity contribution in [1.82, 2.24) is 23.7 Å². The number of hydrogen-bond donors (Lipinski definition) is 0. The molecule has 0 saturated carbocycles. The Balaban J connectivity index is 1.15. The van der Waals surface area contributed by atoms with Crippen LogP contribution in [0, 0.1) is 83.1 Å². The zero-order chi connectivity index (χ0) is 51.9. The number of para-hydroxylation sites is 2. The van der Waals surface area contributed by atoms with Gasteiger partial charge >= 0.3 is 0 Å². The number of rotatable bonds is 6. The monoisotopic (exact) mass is 971 g/mol. The van der Waals surface area contributed by atoms with Crippen LogP contribution in [0.2, 0.25) is 0 Å². The molecule has 366 valence electrons. The van der Waals surface area contributed by atoms with E-state index in [9.17, 15) is 0 Å². The summed E-state index contributed by atoms with van der Waals surface area (Å²) in [5, 5.41) is 7.73. The van der Waals surface area contributed by atoms with Gasteiger partial charge in [-0.1, -0.05) is 83.9 Å². The largest absolute Gasteiger partial charge is 0.309 e. The van der Waals surface area contributed by atoms with Gasteiger partial charge in [0.25, 0.3) is 0 Å². The fraction of sp³-hybridized carbons (Fsp3) is 0.171. The van der Waals surface area contributed by atoms with Gasteiger partial charge < -0.3 is 13.7 Å². The highest BCUT2D eigenvalue weighted by Gasteiger charge is 2.28. The average molecular weight is 972 g/mol. The molecule has 5 heteroatoms. The number of nitrogens with zero attached hydrogens (tertiary/aromatic N) is 5. The maximum Gasteiger partial charge on any atom is 0.126 e. The predicted octanol–water partition coefficient (Wildman–Crippen LogP) is 18.5. The zero-order valence-corrected chi connectivity index (χ0v) is 45.2. The Kier molecular flexibility index (Phi) is 10.5. The van der Waals surface area contributed by atoms with Crippen LogP contribution in [0.15, 0.2) is 152 Å². The zero-order valence-electron chi connectivity index (χ0n) is 45.2. The van der Waals surface area contributed by atoms with Crippen molar-refractivity contribution in [1.29, 1.82) is 0 Å². The average Bonchev–Trinajstić information content (AvgIpc) is 4.06. The van der Waals surface area contributed by atoms with Crippen LogP contribution in [0.1, 0.15) is 67.2 Å². The molecule has 4 heterocycles. The first-order chi connectivity index (χ1) is 36.2. The molecule has 0 saturated heterocycles. The number of fused-ring (bicyclic) bond motifs is 9. The third kappa shape index (κ3) is 6.90. The quantitative estimate of drug-likeness (QED) is 0.167. The molecule has 5 nitrogen and oxygen atoms in total. The molecule has 0 aliphatic carbocycles. The van der Waals surface area contributed by atoms with Gasteiger partial charge in [-0.15, -0.1) is 0 Å². The number of hydrogen-bond acceptors (Lipinski definition) is 2. The van der Waals surface area contributed by atoms with Crippen LogP contribution in [-0.2, 0) is 0 Å². The van der Waals surface area contributed by atoms with Crippen molar-refractivity contribution in [3.05, 3.63) is 219 Å². The first-order valence-electron chi connectivity index (χ1n) is 26.4. The van der Waals surface area contributed by atoms with Gasteiger partial charge in [0, 0.05) is 66.1 Å². The van der Waals surface area contributed by atoms with E-state index in [1.165, 1.54) is 121 Å². The Morgan fingerprint density at radius 2 is 0.733 bits per heavy atom. The van der Waals surface area contributed by atoms with Crippen LogP contribution in [0.25, 0.3) is 116 Å². The van der Waals surface area contributed by atoms with E-state index in [2.05, 4.69) is 242 Å². The minimum atomic E-state index is 0.755. The molecular formula is C70H61N5. The third-order valence-electron chi connectivity index (χ3n) is 17.1. The summed E-state index contributed by atoms with van der Waals surface area (Å²) in [6.45, 7) is 27.0. The van der Waals surface area contributed by atoms with E-state index in [1.54, 1.807) is 0 Å². The van der Waals surface area contributed by atoms with Crippen LogP contribution in [0.5, 0.6) is 0 Å². The van der Waals surface area contributed by atoms with Crippen LogP contribution in [-0.4, -0.2) is 23.7 Å². The maximum absolute atomic E-state index is 5.16. The minimum absolute atomic E-state index is 0.755. The lowest BCUT2D eigenvalue weighted by atomic mass is 9.90. The Bertz CT molecular complexity index is 4290. The fourth-order valence-electron chi connectivity index (χ4n) is 12.7. The number of aromatic nitrogens is 5. The summed E-state index contributed by atoms with van der Waals surface area (Å²) < 4.78 is 7.51. The molecule has 0 spiro atoms. The minimum Gasteiger partial charge on any atom is -0.309 e. The fourth-order valence-corrected chi connectivity index (χ4v) is 12.7. The molecule has 0 aliphatic rings. The molecule has 75 heavy (non-hydrogen) atoms. The lowest BCUT2D eigenvalue weighted by Crippen LogP contribution is -2.06. The van der Waals surface area contributed by atoms with Crippen molar-refractivity contribution in [2.45, 2.75) is 83.1 Å². The van der Waals surface area contributed by atoms with E-state index >= 15 is 0 Å². The van der Waals surface area contributed by atoms with Crippen LogP contribution in [0.4, 0.5) is 0 Å². The first-order valence-corrected chi connectivity index (χ1v) is 26.4. The topological polar surface area (TPSA) is 40.6 Å². The van der Waals surface area contributed by atoms with Crippen molar-refractivity contribution in [3.63, 3.8) is 0 Å². The second-order valence-electron chi connectivity index (χ2n) is 21.5. The van der Waals surface area contributed by atoms with Crippen molar-refractivity contribution >= 4 is 65.4 Å². The molecule has 13 aromatic rings. The van der Waals surface area contributed by atoms with Gasteiger partial charge in [0.05, 0.1) is 44.5 Å². The van der Waals surface area contributed by atoms with Gasteiger partial charge in [-0.2, -0.15) is 0 Å². The summed E-state index contributed by atoms with van der Waals surface area (Å²) in [6.07, 6.45) is 0. The Labute approximate surface area is 439 Å². The van der Waals surface area contributed by atoms with Crippen LogP contribution >= 0.6 is 0 Å². The summed E-state index contributed by atoms with van der Waals surface area (Å²) in [7, 11) is 0. The highest BCUT2D eigenvalue weighted by atomic mass is 15.0. The summed E-state index contributed by atoms with van der Waals surface area (Å²) in [6, 6.07) is 56.8. The molecule has 0 fully saturated rings.